The molecule has 3 heteroatoms. The Labute approximate surface area is 123 Å². The van der Waals surface area contributed by atoms with Crippen LogP contribution < -0.4 is 14.8 Å². The molecule has 112 valence electrons. The molecule has 0 unspecified atom stereocenters. The zero-order chi connectivity index (χ0) is 15.2. The molecule has 0 aromatic heterocycles. The van der Waals surface area contributed by atoms with Gasteiger partial charge in [-0.25, -0.2) is 0 Å². The van der Waals surface area contributed by atoms with Gasteiger partial charge in [0.1, 0.15) is 0 Å². The molecule has 0 amide bonds. The predicted molar refractivity (Wildman–Crippen MR) is 85.6 cm³/mol. The van der Waals surface area contributed by atoms with Gasteiger partial charge >= 0.3 is 0 Å². The molecule has 0 saturated heterocycles. The highest BCUT2D eigenvalue weighted by Crippen LogP contribution is 2.28. The molecule has 0 radical (unpaired) electrons. The fourth-order valence-electron chi connectivity index (χ4n) is 1.79. The van der Waals surface area contributed by atoms with E-state index in [2.05, 4.69) is 39.1 Å². The van der Waals surface area contributed by atoms with E-state index in [1.807, 2.05) is 25.1 Å². The molecule has 0 heterocycles. The lowest BCUT2D eigenvalue weighted by molar-refractivity contribution is 0.311. The molecule has 20 heavy (non-hydrogen) atoms. The SMILES string of the molecule is CCOc1ccc(C=C(C)CNC(C)(C)C)cc1OC. The maximum absolute atomic E-state index is 5.52. The summed E-state index contributed by atoms with van der Waals surface area (Å²) in [4.78, 5) is 0. The van der Waals surface area contributed by atoms with Gasteiger partial charge < -0.3 is 14.8 Å². The zero-order valence-electron chi connectivity index (χ0n) is 13.5. The van der Waals surface area contributed by atoms with Gasteiger partial charge in [-0.1, -0.05) is 17.7 Å². The van der Waals surface area contributed by atoms with Gasteiger partial charge in [-0.05, 0) is 52.3 Å². The normalized spacial score (nSPS) is 12.4. The zero-order valence-corrected chi connectivity index (χ0v) is 13.5. The highest BCUT2D eigenvalue weighted by Gasteiger charge is 2.08. The molecule has 1 rings (SSSR count). The van der Waals surface area contributed by atoms with E-state index < -0.39 is 0 Å². The lowest BCUT2D eigenvalue weighted by Crippen LogP contribution is -2.36. The second-order valence-electron chi connectivity index (χ2n) is 5.94. The fraction of sp³-hybridized carbons (Fsp3) is 0.529. The van der Waals surface area contributed by atoms with E-state index in [0.717, 1.165) is 23.6 Å². The molecule has 0 fully saturated rings. The largest absolute Gasteiger partial charge is 0.493 e. The molecule has 0 aliphatic heterocycles. The number of benzene rings is 1. The van der Waals surface area contributed by atoms with Crippen LogP contribution in [0.2, 0.25) is 0 Å². The van der Waals surface area contributed by atoms with Gasteiger partial charge in [-0.15, -0.1) is 0 Å². The van der Waals surface area contributed by atoms with Crippen LogP contribution in [0.3, 0.4) is 0 Å². The standard InChI is InChI=1S/C17H27NO2/c1-7-20-15-9-8-14(11-16(15)19-6)10-13(2)12-18-17(3,4)5/h8-11,18H,7,12H2,1-6H3. The van der Waals surface area contributed by atoms with Crippen molar-refractivity contribution in [2.24, 2.45) is 0 Å². The van der Waals surface area contributed by atoms with Crippen LogP contribution in [0.15, 0.2) is 23.8 Å². The Hall–Kier alpha value is -1.48. The first kappa shape index (κ1) is 16.6. The summed E-state index contributed by atoms with van der Waals surface area (Å²) >= 11 is 0. The molecule has 0 atom stereocenters. The molecule has 1 aromatic carbocycles. The minimum absolute atomic E-state index is 0.131. The maximum atomic E-state index is 5.52. The average molecular weight is 277 g/mol. The number of rotatable bonds is 6. The van der Waals surface area contributed by atoms with E-state index >= 15 is 0 Å². The Bertz CT molecular complexity index is 459. The highest BCUT2D eigenvalue weighted by atomic mass is 16.5. The van der Waals surface area contributed by atoms with Crippen LogP contribution in [-0.2, 0) is 0 Å². The van der Waals surface area contributed by atoms with Crippen molar-refractivity contribution in [2.45, 2.75) is 40.2 Å². The lowest BCUT2D eigenvalue weighted by atomic mass is 10.1. The number of hydrogen-bond donors (Lipinski definition) is 1. The molecule has 3 nitrogen and oxygen atoms in total. The lowest BCUT2D eigenvalue weighted by Gasteiger charge is -2.20. The van der Waals surface area contributed by atoms with Crippen LogP contribution in [0.4, 0.5) is 0 Å². The van der Waals surface area contributed by atoms with E-state index in [0.29, 0.717) is 6.61 Å². The van der Waals surface area contributed by atoms with E-state index in [1.54, 1.807) is 7.11 Å². The van der Waals surface area contributed by atoms with Crippen molar-refractivity contribution in [3.63, 3.8) is 0 Å². The molecule has 0 aliphatic carbocycles. The van der Waals surface area contributed by atoms with E-state index in [9.17, 15) is 0 Å². The summed E-state index contributed by atoms with van der Waals surface area (Å²) in [5, 5.41) is 3.48. The van der Waals surface area contributed by atoms with Gasteiger partial charge in [0, 0.05) is 12.1 Å². The first-order valence-electron chi connectivity index (χ1n) is 7.08. The average Bonchev–Trinajstić information content (AvgIpc) is 2.37. The van der Waals surface area contributed by atoms with Gasteiger partial charge in [0.05, 0.1) is 13.7 Å². The number of ether oxygens (including phenoxy) is 2. The number of nitrogens with one attached hydrogen (secondary N) is 1. The molecule has 1 N–H and O–H groups in total. The van der Waals surface area contributed by atoms with Crippen LogP contribution in [-0.4, -0.2) is 25.8 Å². The van der Waals surface area contributed by atoms with E-state index in [-0.39, 0.29) is 5.54 Å². The van der Waals surface area contributed by atoms with Crippen molar-refractivity contribution in [1.29, 1.82) is 0 Å². The van der Waals surface area contributed by atoms with Crippen molar-refractivity contribution >= 4 is 6.08 Å². The minimum atomic E-state index is 0.131. The summed E-state index contributed by atoms with van der Waals surface area (Å²) in [5.41, 5.74) is 2.54. The molecule has 0 saturated carbocycles. The molecule has 1 aromatic rings. The van der Waals surface area contributed by atoms with Gasteiger partial charge in [0.2, 0.25) is 0 Å². The minimum Gasteiger partial charge on any atom is -0.493 e. The molecule has 0 aliphatic rings. The smallest absolute Gasteiger partial charge is 0.161 e. The Morgan fingerprint density at radius 2 is 1.95 bits per heavy atom. The van der Waals surface area contributed by atoms with Crippen LogP contribution >= 0.6 is 0 Å². The first-order valence-corrected chi connectivity index (χ1v) is 7.08. The second kappa shape index (κ2) is 7.34. The highest BCUT2D eigenvalue weighted by molar-refractivity contribution is 5.58. The number of hydrogen-bond acceptors (Lipinski definition) is 3. The Balaban J connectivity index is 2.81. The van der Waals surface area contributed by atoms with E-state index in [1.165, 1.54) is 5.57 Å². The maximum Gasteiger partial charge on any atom is 0.161 e. The van der Waals surface area contributed by atoms with Gasteiger partial charge in [-0.2, -0.15) is 0 Å². The third-order valence-corrected chi connectivity index (χ3v) is 2.80. The summed E-state index contributed by atoms with van der Waals surface area (Å²) in [5.74, 6) is 1.56. The third kappa shape index (κ3) is 5.66. The van der Waals surface area contributed by atoms with Crippen LogP contribution in [0.25, 0.3) is 6.08 Å². The van der Waals surface area contributed by atoms with E-state index in [4.69, 9.17) is 9.47 Å². The monoisotopic (exact) mass is 277 g/mol. The third-order valence-electron chi connectivity index (χ3n) is 2.80. The second-order valence-corrected chi connectivity index (χ2v) is 5.94. The van der Waals surface area contributed by atoms with Crippen molar-refractivity contribution < 1.29 is 9.47 Å². The number of methoxy groups -OCH3 is 1. The van der Waals surface area contributed by atoms with Crippen molar-refractivity contribution in [2.75, 3.05) is 20.3 Å². The Kier molecular flexibility index (Phi) is 6.08. The summed E-state index contributed by atoms with van der Waals surface area (Å²) < 4.78 is 10.9. The summed E-state index contributed by atoms with van der Waals surface area (Å²) in [6, 6.07) is 6.01. The Morgan fingerprint density at radius 1 is 1.25 bits per heavy atom. The summed E-state index contributed by atoms with van der Waals surface area (Å²) in [7, 11) is 1.67. The van der Waals surface area contributed by atoms with Crippen LogP contribution in [0, 0.1) is 0 Å². The van der Waals surface area contributed by atoms with Crippen LogP contribution in [0.1, 0.15) is 40.2 Å². The van der Waals surface area contributed by atoms with Gasteiger partial charge in [0.25, 0.3) is 0 Å². The van der Waals surface area contributed by atoms with Gasteiger partial charge in [-0.3, -0.25) is 0 Å². The first-order chi connectivity index (χ1) is 9.35. The predicted octanol–water partition coefficient (Wildman–Crippen LogP) is 3.89. The van der Waals surface area contributed by atoms with Gasteiger partial charge in [0.15, 0.2) is 11.5 Å². The topological polar surface area (TPSA) is 30.5 Å². The molecular weight excluding hydrogens is 250 g/mol. The molecular formula is C17H27NO2. The summed E-state index contributed by atoms with van der Waals surface area (Å²) in [6.45, 7) is 12.1. The van der Waals surface area contributed by atoms with Crippen LogP contribution in [0.5, 0.6) is 11.5 Å². The quantitative estimate of drug-likeness (QED) is 0.856. The van der Waals surface area contributed by atoms with Crippen molar-refractivity contribution in [3.8, 4) is 11.5 Å². The molecule has 0 bridgehead atoms. The fourth-order valence-corrected chi connectivity index (χ4v) is 1.79. The van der Waals surface area contributed by atoms with Crippen molar-refractivity contribution in [1.82, 2.24) is 5.32 Å². The Morgan fingerprint density at radius 3 is 2.50 bits per heavy atom. The summed E-state index contributed by atoms with van der Waals surface area (Å²) in [6.07, 6.45) is 2.16. The molecule has 0 spiro atoms. The van der Waals surface area contributed by atoms with Crippen molar-refractivity contribution in [3.05, 3.63) is 29.3 Å².